The zero-order valence-corrected chi connectivity index (χ0v) is 6.29. The maximum absolute atomic E-state index is 10.6. The van der Waals surface area contributed by atoms with E-state index in [4.69, 9.17) is 5.11 Å². The van der Waals surface area contributed by atoms with Gasteiger partial charge in [-0.1, -0.05) is 6.58 Å². The van der Waals surface area contributed by atoms with Crippen LogP contribution in [0.3, 0.4) is 0 Å². The minimum absolute atomic E-state index is 0. The van der Waals surface area contributed by atoms with Crippen LogP contribution in [0.1, 0.15) is 13.3 Å². The maximum atomic E-state index is 10.6. The molecule has 0 heterocycles. The third-order valence-electron chi connectivity index (χ3n) is 0.966. The standard InChI is InChI=1S/C7H10O4.Ba.2H/c1-3-11-6(8)4-5(2)7(9)10;;;/h2-4H2,1H3,(H,9,10);;;. The molecule has 0 bridgehead atoms. The van der Waals surface area contributed by atoms with Gasteiger partial charge in [0, 0.05) is 5.57 Å². The van der Waals surface area contributed by atoms with Crippen LogP contribution in [0.15, 0.2) is 12.2 Å². The quantitative estimate of drug-likeness (QED) is 0.438. The molecular formula is C7H12BaO4. The number of carboxylic acids is 1. The molecule has 66 valence electrons. The normalized spacial score (nSPS) is 8.08. The van der Waals surface area contributed by atoms with Crippen molar-refractivity contribution in [2.75, 3.05) is 6.61 Å². The fraction of sp³-hybridized carbons (Fsp3) is 0.429. The van der Waals surface area contributed by atoms with Crippen LogP contribution in [0.4, 0.5) is 0 Å². The van der Waals surface area contributed by atoms with E-state index in [0.29, 0.717) is 0 Å². The summed E-state index contributed by atoms with van der Waals surface area (Å²) in [5, 5.41) is 8.29. The summed E-state index contributed by atoms with van der Waals surface area (Å²) in [7, 11) is 0. The predicted octanol–water partition coefficient (Wildman–Crippen LogP) is -0.336. The van der Waals surface area contributed by atoms with E-state index < -0.39 is 11.9 Å². The second-order valence-electron chi connectivity index (χ2n) is 1.89. The topological polar surface area (TPSA) is 63.6 Å². The molecule has 0 saturated heterocycles. The Labute approximate surface area is 111 Å². The zero-order chi connectivity index (χ0) is 8.85. The molecule has 0 atom stereocenters. The number of rotatable bonds is 4. The van der Waals surface area contributed by atoms with Crippen molar-refractivity contribution in [3.05, 3.63) is 12.2 Å². The number of carboxylic acid groups (broad SMARTS) is 1. The van der Waals surface area contributed by atoms with Gasteiger partial charge in [-0.05, 0) is 6.92 Å². The van der Waals surface area contributed by atoms with Gasteiger partial charge in [0.15, 0.2) is 0 Å². The SMILES string of the molecule is C=C(CC(=O)OCC)C(=O)O.[BaH2]. The molecular weight excluding hydrogens is 285 g/mol. The van der Waals surface area contributed by atoms with Crippen molar-refractivity contribution >= 4 is 60.8 Å². The van der Waals surface area contributed by atoms with Gasteiger partial charge in [0.05, 0.1) is 13.0 Å². The average molecular weight is 297 g/mol. The Kier molecular flexibility index (Phi) is 9.69. The molecule has 0 unspecified atom stereocenters. The van der Waals surface area contributed by atoms with Gasteiger partial charge in [0.2, 0.25) is 0 Å². The third-order valence-corrected chi connectivity index (χ3v) is 0.966. The molecule has 0 aromatic rings. The summed E-state index contributed by atoms with van der Waals surface area (Å²) in [6.45, 7) is 5.09. The summed E-state index contributed by atoms with van der Waals surface area (Å²) in [5.74, 6) is -1.72. The van der Waals surface area contributed by atoms with Gasteiger partial charge in [0.25, 0.3) is 0 Å². The van der Waals surface area contributed by atoms with Gasteiger partial charge in [-0.25, -0.2) is 4.79 Å². The van der Waals surface area contributed by atoms with Crippen molar-refractivity contribution in [1.82, 2.24) is 0 Å². The number of aliphatic carboxylic acids is 1. The second kappa shape index (κ2) is 7.88. The van der Waals surface area contributed by atoms with Crippen LogP contribution >= 0.6 is 0 Å². The van der Waals surface area contributed by atoms with E-state index in [0.717, 1.165) is 0 Å². The van der Waals surface area contributed by atoms with Crippen LogP contribution in [0.25, 0.3) is 0 Å². The molecule has 0 rings (SSSR count). The van der Waals surface area contributed by atoms with Crippen molar-refractivity contribution in [2.24, 2.45) is 0 Å². The summed E-state index contributed by atoms with van der Waals surface area (Å²) >= 11 is 0. The fourth-order valence-corrected chi connectivity index (χ4v) is 0.462. The number of carbonyl (C=O) groups excluding carboxylic acids is 1. The van der Waals surface area contributed by atoms with Crippen LogP contribution in [-0.4, -0.2) is 72.5 Å². The Morgan fingerprint density at radius 3 is 2.33 bits per heavy atom. The monoisotopic (exact) mass is 298 g/mol. The summed E-state index contributed by atoms with van der Waals surface area (Å²) in [6, 6.07) is 0. The van der Waals surface area contributed by atoms with Crippen LogP contribution in [0.2, 0.25) is 0 Å². The van der Waals surface area contributed by atoms with Gasteiger partial charge in [-0.3, -0.25) is 4.79 Å². The number of esters is 1. The Balaban J connectivity index is 0. The first-order valence-corrected chi connectivity index (χ1v) is 3.14. The van der Waals surface area contributed by atoms with Crippen LogP contribution in [0.5, 0.6) is 0 Å². The molecule has 0 spiro atoms. The van der Waals surface area contributed by atoms with Crippen LogP contribution in [0, 0.1) is 0 Å². The molecule has 1 N–H and O–H groups in total. The first-order chi connectivity index (χ1) is 5.07. The van der Waals surface area contributed by atoms with E-state index in [1.165, 1.54) is 0 Å². The molecule has 0 aromatic carbocycles. The summed E-state index contributed by atoms with van der Waals surface area (Å²) in [6.07, 6.45) is -0.247. The van der Waals surface area contributed by atoms with Crippen molar-refractivity contribution in [2.45, 2.75) is 13.3 Å². The van der Waals surface area contributed by atoms with E-state index >= 15 is 0 Å². The molecule has 0 amide bonds. The molecule has 0 aliphatic rings. The molecule has 12 heavy (non-hydrogen) atoms. The molecule has 4 nitrogen and oxygen atoms in total. The Bertz CT molecular complexity index is 188. The van der Waals surface area contributed by atoms with Gasteiger partial charge >= 0.3 is 60.8 Å². The molecule has 0 radical (unpaired) electrons. The molecule has 0 aliphatic heterocycles. The van der Waals surface area contributed by atoms with Gasteiger partial charge in [-0.15, -0.1) is 0 Å². The van der Waals surface area contributed by atoms with Gasteiger partial charge in [0.1, 0.15) is 0 Å². The number of hydrogen-bond acceptors (Lipinski definition) is 3. The Hall–Kier alpha value is 0.251. The summed E-state index contributed by atoms with van der Waals surface area (Å²) < 4.78 is 4.50. The van der Waals surface area contributed by atoms with Crippen LogP contribution < -0.4 is 0 Å². The van der Waals surface area contributed by atoms with Crippen LogP contribution in [-0.2, 0) is 14.3 Å². The molecule has 0 aromatic heterocycles. The third kappa shape index (κ3) is 6.93. The fourth-order valence-electron chi connectivity index (χ4n) is 0.462. The van der Waals surface area contributed by atoms with Crippen molar-refractivity contribution < 1.29 is 19.4 Å². The zero-order valence-electron chi connectivity index (χ0n) is 6.29. The predicted molar refractivity (Wildman–Crippen MR) is 46.6 cm³/mol. The molecule has 5 heteroatoms. The minimum atomic E-state index is -1.17. The summed E-state index contributed by atoms with van der Waals surface area (Å²) in [4.78, 5) is 20.7. The molecule has 0 fully saturated rings. The van der Waals surface area contributed by atoms with Gasteiger partial charge < -0.3 is 9.84 Å². The van der Waals surface area contributed by atoms with E-state index in [9.17, 15) is 9.59 Å². The van der Waals surface area contributed by atoms with E-state index in [-0.39, 0.29) is 67.5 Å². The summed E-state index contributed by atoms with van der Waals surface area (Å²) in [5.41, 5.74) is -0.150. The van der Waals surface area contributed by atoms with E-state index in [1.54, 1.807) is 6.92 Å². The van der Waals surface area contributed by atoms with Crippen molar-refractivity contribution in [3.8, 4) is 0 Å². The Morgan fingerprint density at radius 1 is 1.50 bits per heavy atom. The molecule has 0 saturated carbocycles. The first kappa shape index (κ1) is 14.8. The van der Waals surface area contributed by atoms with Gasteiger partial charge in [-0.2, -0.15) is 0 Å². The second-order valence-corrected chi connectivity index (χ2v) is 1.89. The molecule has 0 aliphatic carbocycles. The first-order valence-electron chi connectivity index (χ1n) is 3.14. The van der Waals surface area contributed by atoms with E-state index in [2.05, 4.69) is 11.3 Å². The average Bonchev–Trinajstić information content (AvgIpc) is 1.87. The van der Waals surface area contributed by atoms with Crippen molar-refractivity contribution in [1.29, 1.82) is 0 Å². The Morgan fingerprint density at radius 2 is 2.00 bits per heavy atom. The van der Waals surface area contributed by atoms with Crippen molar-refractivity contribution in [3.63, 3.8) is 0 Å². The number of carbonyl (C=O) groups is 2. The van der Waals surface area contributed by atoms with E-state index in [1.807, 2.05) is 0 Å². The number of hydrogen-bond donors (Lipinski definition) is 1. The number of ether oxygens (including phenoxy) is 1.